The Bertz CT molecular complexity index is 1040. The van der Waals surface area contributed by atoms with Gasteiger partial charge in [0.2, 0.25) is 5.91 Å². The molecule has 0 aliphatic carbocycles. The average Bonchev–Trinajstić information content (AvgIpc) is 3.33. The Morgan fingerprint density at radius 2 is 0.746 bits per heavy atom. The molecule has 6 nitrogen and oxygen atoms in total. The number of aliphatic hydroxyl groups is 2. The van der Waals surface area contributed by atoms with Gasteiger partial charge in [0.25, 0.3) is 0 Å². The van der Waals surface area contributed by atoms with Crippen LogP contribution in [0.15, 0.2) is 24.3 Å². The zero-order valence-corrected chi connectivity index (χ0v) is 45.1. The molecule has 0 heterocycles. The van der Waals surface area contributed by atoms with Crippen molar-refractivity contribution in [2.24, 2.45) is 0 Å². The standard InChI is InChI=1S/C61H117NO5/c1-3-5-7-9-11-13-15-17-19-26-29-33-37-41-45-49-53-59(64)58(57-63)62-60(65)54-50-46-42-38-34-30-27-23-21-20-22-24-28-32-36-40-44-48-52-56-67-61(66)55-51-47-43-39-35-31-25-18-16-14-12-10-8-6-4-2/h12,14,18,25,58-59,63-64H,3-11,13,15-17,19-24,26-57H2,1-2H3,(H,62,65)/b14-12-,25-18-. The molecule has 0 bridgehead atoms. The molecule has 6 heteroatoms. The van der Waals surface area contributed by atoms with E-state index in [4.69, 9.17) is 4.74 Å². The Labute approximate surface area is 418 Å². The predicted molar refractivity (Wildman–Crippen MR) is 292 cm³/mol. The SMILES string of the molecule is CCCCC/C=C\C/C=C\CCCCCCCC(=O)OCCCCCCCCCCCCCCCCCCCCCC(=O)NC(CO)C(O)CCCCCCCCCCCCCCCCCC. The second kappa shape index (κ2) is 56.9. The number of esters is 1. The minimum Gasteiger partial charge on any atom is -0.466 e. The molecule has 3 N–H and O–H groups in total. The third-order valence-electron chi connectivity index (χ3n) is 14.0. The normalized spacial score (nSPS) is 12.7. The first-order valence-corrected chi connectivity index (χ1v) is 30.1. The van der Waals surface area contributed by atoms with Crippen LogP contribution in [0.4, 0.5) is 0 Å². The van der Waals surface area contributed by atoms with Crippen LogP contribution in [-0.2, 0) is 14.3 Å². The van der Waals surface area contributed by atoms with E-state index in [9.17, 15) is 19.8 Å². The summed E-state index contributed by atoms with van der Waals surface area (Å²) in [4.78, 5) is 24.5. The minimum atomic E-state index is -0.666. The van der Waals surface area contributed by atoms with Crippen LogP contribution in [0, 0.1) is 0 Å². The van der Waals surface area contributed by atoms with Crippen molar-refractivity contribution in [3.05, 3.63) is 24.3 Å². The Hall–Kier alpha value is -1.66. The van der Waals surface area contributed by atoms with E-state index in [0.29, 0.717) is 25.9 Å². The third-order valence-corrected chi connectivity index (χ3v) is 14.0. The van der Waals surface area contributed by atoms with Gasteiger partial charge in [-0.05, 0) is 57.8 Å². The third kappa shape index (κ3) is 53.5. The van der Waals surface area contributed by atoms with Crippen LogP contribution >= 0.6 is 0 Å². The van der Waals surface area contributed by atoms with Crippen molar-refractivity contribution in [2.75, 3.05) is 13.2 Å². The van der Waals surface area contributed by atoms with Gasteiger partial charge >= 0.3 is 5.97 Å². The number of ether oxygens (including phenoxy) is 1. The van der Waals surface area contributed by atoms with Crippen LogP contribution in [0.2, 0.25) is 0 Å². The molecule has 2 atom stereocenters. The van der Waals surface area contributed by atoms with Crippen molar-refractivity contribution in [3.63, 3.8) is 0 Å². The molecular formula is C61H117NO5. The summed E-state index contributed by atoms with van der Waals surface area (Å²) < 4.78 is 5.47. The zero-order valence-electron chi connectivity index (χ0n) is 45.1. The number of unbranched alkanes of at least 4 members (excludes halogenated alkanes) is 41. The lowest BCUT2D eigenvalue weighted by atomic mass is 10.0. The first kappa shape index (κ1) is 65.3. The average molecular weight is 945 g/mol. The highest BCUT2D eigenvalue weighted by Gasteiger charge is 2.20. The number of hydrogen-bond donors (Lipinski definition) is 3. The van der Waals surface area contributed by atoms with Gasteiger partial charge in [-0.2, -0.15) is 0 Å². The topological polar surface area (TPSA) is 95.9 Å². The van der Waals surface area contributed by atoms with Crippen LogP contribution in [0.3, 0.4) is 0 Å². The quantitative estimate of drug-likeness (QED) is 0.0321. The number of aliphatic hydroxyl groups excluding tert-OH is 2. The number of carbonyl (C=O) groups excluding carboxylic acids is 2. The second-order valence-corrected chi connectivity index (χ2v) is 20.7. The van der Waals surface area contributed by atoms with E-state index < -0.39 is 12.1 Å². The molecule has 0 aliphatic heterocycles. The fraction of sp³-hybridized carbons (Fsp3) is 0.902. The van der Waals surface area contributed by atoms with E-state index in [1.54, 1.807) is 0 Å². The van der Waals surface area contributed by atoms with Crippen LogP contribution in [0.1, 0.15) is 328 Å². The van der Waals surface area contributed by atoms with E-state index in [1.165, 1.54) is 244 Å². The van der Waals surface area contributed by atoms with Crippen molar-refractivity contribution in [1.82, 2.24) is 5.32 Å². The van der Waals surface area contributed by atoms with E-state index in [2.05, 4.69) is 43.5 Å². The Morgan fingerprint density at radius 3 is 1.16 bits per heavy atom. The lowest BCUT2D eigenvalue weighted by Crippen LogP contribution is -2.45. The number of carbonyl (C=O) groups is 2. The summed E-state index contributed by atoms with van der Waals surface area (Å²) in [5, 5.41) is 23.3. The van der Waals surface area contributed by atoms with Gasteiger partial charge in [0.05, 0.1) is 25.4 Å². The number of amides is 1. The number of allylic oxidation sites excluding steroid dienone is 4. The summed E-state index contributed by atoms with van der Waals surface area (Å²) in [7, 11) is 0. The fourth-order valence-corrected chi connectivity index (χ4v) is 9.38. The highest BCUT2D eigenvalue weighted by Crippen LogP contribution is 2.18. The van der Waals surface area contributed by atoms with E-state index in [-0.39, 0.29) is 18.5 Å². The molecule has 0 aromatic heterocycles. The van der Waals surface area contributed by atoms with E-state index in [1.807, 2.05) is 0 Å². The van der Waals surface area contributed by atoms with Gasteiger partial charge in [-0.15, -0.1) is 0 Å². The summed E-state index contributed by atoms with van der Waals surface area (Å²) in [6, 6.07) is -0.544. The first-order valence-electron chi connectivity index (χ1n) is 30.1. The van der Waals surface area contributed by atoms with Crippen molar-refractivity contribution < 1.29 is 24.5 Å². The summed E-state index contributed by atoms with van der Waals surface area (Å²) in [6.45, 7) is 4.93. The second-order valence-electron chi connectivity index (χ2n) is 20.7. The molecule has 67 heavy (non-hydrogen) atoms. The number of hydrogen-bond acceptors (Lipinski definition) is 5. The van der Waals surface area contributed by atoms with Gasteiger partial charge in [-0.3, -0.25) is 9.59 Å². The molecule has 0 fully saturated rings. The Balaban J connectivity index is 3.40. The molecule has 396 valence electrons. The van der Waals surface area contributed by atoms with Gasteiger partial charge in [0.15, 0.2) is 0 Å². The summed E-state index contributed by atoms with van der Waals surface area (Å²) in [5.74, 6) is -0.0406. The smallest absolute Gasteiger partial charge is 0.305 e. The lowest BCUT2D eigenvalue weighted by Gasteiger charge is -2.22. The summed E-state index contributed by atoms with van der Waals surface area (Å²) >= 11 is 0. The molecular weight excluding hydrogens is 827 g/mol. The van der Waals surface area contributed by atoms with Crippen LogP contribution < -0.4 is 5.32 Å². The largest absolute Gasteiger partial charge is 0.466 e. The molecule has 0 saturated carbocycles. The number of nitrogens with one attached hydrogen (secondary N) is 1. The molecule has 0 radical (unpaired) electrons. The van der Waals surface area contributed by atoms with Gasteiger partial charge in [0, 0.05) is 12.8 Å². The Kier molecular flexibility index (Phi) is 55.5. The van der Waals surface area contributed by atoms with Crippen LogP contribution in [0.25, 0.3) is 0 Å². The van der Waals surface area contributed by atoms with Crippen LogP contribution in [0.5, 0.6) is 0 Å². The molecule has 0 aromatic carbocycles. The fourth-order valence-electron chi connectivity index (χ4n) is 9.38. The maximum atomic E-state index is 12.5. The van der Waals surface area contributed by atoms with Crippen molar-refractivity contribution >= 4 is 11.9 Å². The van der Waals surface area contributed by atoms with E-state index in [0.717, 1.165) is 51.4 Å². The van der Waals surface area contributed by atoms with Gasteiger partial charge < -0.3 is 20.3 Å². The Morgan fingerprint density at radius 1 is 0.418 bits per heavy atom. The molecule has 0 rings (SSSR count). The van der Waals surface area contributed by atoms with Crippen molar-refractivity contribution in [2.45, 2.75) is 341 Å². The first-order chi connectivity index (χ1) is 33.0. The van der Waals surface area contributed by atoms with Crippen LogP contribution in [-0.4, -0.2) is 47.4 Å². The van der Waals surface area contributed by atoms with E-state index >= 15 is 0 Å². The zero-order chi connectivity index (χ0) is 48.6. The molecule has 0 aliphatic rings. The molecule has 0 saturated heterocycles. The molecule has 2 unspecified atom stereocenters. The van der Waals surface area contributed by atoms with Crippen molar-refractivity contribution in [3.8, 4) is 0 Å². The summed E-state index contributed by atoms with van der Waals surface area (Å²) in [5.41, 5.74) is 0. The minimum absolute atomic E-state index is 0.00453. The molecule has 0 spiro atoms. The molecule has 0 aromatic rings. The monoisotopic (exact) mass is 944 g/mol. The number of rotatable bonds is 56. The maximum Gasteiger partial charge on any atom is 0.305 e. The lowest BCUT2D eigenvalue weighted by molar-refractivity contribution is -0.143. The van der Waals surface area contributed by atoms with Gasteiger partial charge in [-0.1, -0.05) is 282 Å². The van der Waals surface area contributed by atoms with Gasteiger partial charge in [0.1, 0.15) is 0 Å². The highest BCUT2D eigenvalue weighted by atomic mass is 16.5. The predicted octanol–water partition coefficient (Wildman–Crippen LogP) is 18.6. The van der Waals surface area contributed by atoms with Crippen molar-refractivity contribution in [1.29, 1.82) is 0 Å². The highest BCUT2D eigenvalue weighted by molar-refractivity contribution is 5.76. The molecule has 1 amide bonds. The summed E-state index contributed by atoms with van der Waals surface area (Å²) in [6.07, 6.45) is 68.8. The maximum absolute atomic E-state index is 12.5. The van der Waals surface area contributed by atoms with Gasteiger partial charge in [-0.25, -0.2) is 0 Å².